The molecule has 2 N–H and O–H groups in total. The third-order valence-corrected chi connectivity index (χ3v) is 5.64. The molecule has 0 unspecified atom stereocenters. The summed E-state index contributed by atoms with van der Waals surface area (Å²) in [6.45, 7) is 4.35. The number of carbonyl (C=O) groups excluding carboxylic acids is 1. The maximum absolute atomic E-state index is 12.6. The van der Waals surface area contributed by atoms with Crippen molar-refractivity contribution in [3.8, 4) is 11.5 Å². The van der Waals surface area contributed by atoms with Crippen molar-refractivity contribution in [3.63, 3.8) is 0 Å². The zero-order valence-corrected chi connectivity index (χ0v) is 16.4. The monoisotopic (exact) mass is 377 g/mol. The molecule has 27 heavy (non-hydrogen) atoms. The minimum Gasteiger partial charge on any atom is -0.496 e. The number of urea groups is 1. The number of nitrogens with zero attached hydrogens (tertiary/aromatic N) is 2. The Balaban J connectivity index is 1.51. The summed E-state index contributed by atoms with van der Waals surface area (Å²) in [6, 6.07) is 5.44. The van der Waals surface area contributed by atoms with Gasteiger partial charge in [0.1, 0.15) is 11.5 Å². The Labute approximate surface area is 161 Å². The Morgan fingerprint density at radius 1 is 1.11 bits per heavy atom. The number of piperidine rings is 1. The van der Waals surface area contributed by atoms with Gasteiger partial charge in [0.2, 0.25) is 0 Å². The summed E-state index contributed by atoms with van der Waals surface area (Å²) in [5.41, 5.74) is 0.144. The molecule has 2 fully saturated rings. The summed E-state index contributed by atoms with van der Waals surface area (Å²) in [7, 11) is 3.21. The van der Waals surface area contributed by atoms with Gasteiger partial charge in [-0.2, -0.15) is 0 Å². The number of hydrogen-bond acceptors (Lipinski definition) is 5. The van der Waals surface area contributed by atoms with Gasteiger partial charge in [0.15, 0.2) is 0 Å². The van der Waals surface area contributed by atoms with E-state index in [9.17, 15) is 9.90 Å². The SMILES string of the molecule is COc1cccc(OC)c1CNC(=O)N1CCC(O)(CN2CCCC2)CC1. The minimum atomic E-state index is -0.674. The van der Waals surface area contributed by atoms with Crippen molar-refractivity contribution in [3.05, 3.63) is 23.8 Å². The average Bonchev–Trinajstić information content (AvgIpc) is 3.18. The fraction of sp³-hybridized carbons (Fsp3) is 0.650. The predicted molar refractivity (Wildman–Crippen MR) is 103 cm³/mol. The molecule has 0 bridgehead atoms. The molecule has 1 aromatic carbocycles. The zero-order chi connectivity index (χ0) is 19.3. The second-order valence-electron chi connectivity index (χ2n) is 7.49. The highest BCUT2D eigenvalue weighted by Crippen LogP contribution is 2.28. The smallest absolute Gasteiger partial charge is 0.317 e. The Hall–Kier alpha value is -1.99. The van der Waals surface area contributed by atoms with Gasteiger partial charge in [0.25, 0.3) is 0 Å². The lowest BCUT2D eigenvalue weighted by molar-refractivity contribution is -0.0339. The van der Waals surface area contributed by atoms with Crippen LogP contribution in [0.2, 0.25) is 0 Å². The van der Waals surface area contributed by atoms with Crippen LogP contribution < -0.4 is 14.8 Å². The number of ether oxygens (including phenoxy) is 2. The number of methoxy groups -OCH3 is 2. The van der Waals surface area contributed by atoms with E-state index in [0.29, 0.717) is 44.0 Å². The van der Waals surface area contributed by atoms with E-state index in [1.807, 2.05) is 18.2 Å². The number of benzene rings is 1. The number of likely N-dealkylation sites (tertiary alicyclic amines) is 2. The van der Waals surface area contributed by atoms with Crippen LogP contribution in [0.25, 0.3) is 0 Å². The first-order chi connectivity index (χ1) is 13.0. The molecule has 0 spiro atoms. The lowest BCUT2D eigenvalue weighted by atomic mass is 9.91. The van der Waals surface area contributed by atoms with Gasteiger partial charge in [-0.05, 0) is 50.9 Å². The molecular formula is C20H31N3O4. The molecule has 150 valence electrons. The number of hydrogen-bond donors (Lipinski definition) is 2. The molecule has 2 amide bonds. The van der Waals surface area contributed by atoms with Gasteiger partial charge in [0.05, 0.1) is 31.9 Å². The largest absolute Gasteiger partial charge is 0.496 e. The van der Waals surface area contributed by atoms with E-state index in [1.165, 1.54) is 12.8 Å². The lowest BCUT2D eigenvalue weighted by Crippen LogP contribution is -2.53. The van der Waals surface area contributed by atoms with Crippen LogP contribution in [-0.4, -0.2) is 73.5 Å². The van der Waals surface area contributed by atoms with Crippen LogP contribution in [0, 0.1) is 0 Å². The second kappa shape index (κ2) is 8.80. The molecular weight excluding hydrogens is 346 g/mol. The molecule has 2 aliphatic rings. The van der Waals surface area contributed by atoms with Crippen LogP contribution in [0.5, 0.6) is 11.5 Å². The Morgan fingerprint density at radius 2 is 1.70 bits per heavy atom. The maximum atomic E-state index is 12.6. The molecule has 2 heterocycles. The molecule has 3 rings (SSSR count). The van der Waals surface area contributed by atoms with Gasteiger partial charge in [-0.3, -0.25) is 0 Å². The topological polar surface area (TPSA) is 74.3 Å². The first kappa shape index (κ1) is 19.8. The molecule has 0 aromatic heterocycles. The summed E-state index contributed by atoms with van der Waals surface area (Å²) in [5.74, 6) is 1.38. The first-order valence-electron chi connectivity index (χ1n) is 9.72. The molecule has 1 aromatic rings. The van der Waals surface area contributed by atoms with E-state index in [0.717, 1.165) is 25.2 Å². The third-order valence-electron chi connectivity index (χ3n) is 5.64. The first-order valence-corrected chi connectivity index (χ1v) is 9.72. The summed E-state index contributed by atoms with van der Waals surface area (Å²) in [6.07, 6.45) is 3.68. The van der Waals surface area contributed by atoms with Crippen LogP contribution in [0.4, 0.5) is 4.79 Å². The summed E-state index contributed by atoms with van der Waals surface area (Å²) >= 11 is 0. The van der Waals surface area contributed by atoms with Gasteiger partial charge >= 0.3 is 6.03 Å². The highest BCUT2D eigenvalue weighted by atomic mass is 16.5. The third kappa shape index (κ3) is 4.84. The quantitative estimate of drug-likeness (QED) is 0.791. The van der Waals surface area contributed by atoms with E-state index >= 15 is 0 Å². The fourth-order valence-corrected chi connectivity index (χ4v) is 4.02. The Bertz CT molecular complexity index is 616. The average molecular weight is 377 g/mol. The fourth-order valence-electron chi connectivity index (χ4n) is 4.02. The molecule has 7 nitrogen and oxygen atoms in total. The van der Waals surface area contributed by atoms with Crippen molar-refractivity contribution < 1.29 is 19.4 Å². The van der Waals surface area contributed by atoms with Crippen LogP contribution in [-0.2, 0) is 6.54 Å². The van der Waals surface area contributed by atoms with Crippen molar-refractivity contribution in [1.29, 1.82) is 0 Å². The Kier molecular flexibility index (Phi) is 6.44. The molecule has 2 aliphatic heterocycles. The number of amides is 2. The predicted octanol–water partition coefficient (Wildman–Crippen LogP) is 1.84. The standard InChI is InChI=1S/C20H31N3O4/c1-26-17-6-5-7-18(27-2)16(17)14-21-19(24)23-12-8-20(25,9-13-23)15-22-10-3-4-11-22/h5-7,25H,3-4,8-15H2,1-2H3,(H,21,24). The maximum Gasteiger partial charge on any atom is 0.317 e. The summed E-state index contributed by atoms with van der Waals surface area (Å²) < 4.78 is 10.7. The van der Waals surface area contributed by atoms with Gasteiger partial charge in [-0.1, -0.05) is 6.07 Å². The molecule has 0 saturated carbocycles. The number of rotatable bonds is 6. The molecule has 0 atom stereocenters. The van der Waals surface area contributed by atoms with Crippen LogP contribution >= 0.6 is 0 Å². The second-order valence-corrected chi connectivity index (χ2v) is 7.49. The number of aliphatic hydroxyl groups is 1. The Morgan fingerprint density at radius 3 is 2.26 bits per heavy atom. The van der Waals surface area contributed by atoms with Gasteiger partial charge in [-0.25, -0.2) is 4.79 Å². The number of nitrogens with one attached hydrogen (secondary N) is 1. The lowest BCUT2D eigenvalue weighted by Gasteiger charge is -2.40. The van der Waals surface area contributed by atoms with Crippen LogP contribution in [0.15, 0.2) is 18.2 Å². The van der Waals surface area contributed by atoms with E-state index in [1.54, 1.807) is 19.1 Å². The van der Waals surface area contributed by atoms with E-state index in [-0.39, 0.29) is 6.03 Å². The minimum absolute atomic E-state index is 0.119. The van der Waals surface area contributed by atoms with Gasteiger partial charge in [-0.15, -0.1) is 0 Å². The van der Waals surface area contributed by atoms with Crippen LogP contribution in [0.3, 0.4) is 0 Å². The number of carbonyl (C=O) groups is 1. The molecule has 7 heteroatoms. The molecule has 0 aliphatic carbocycles. The van der Waals surface area contributed by atoms with Crippen molar-refractivity contribution in [2.45, 2.75) is 37.8 Å². The highest BCUT2D eigenvalue weighted by Gasteiger charge is 2.36. The van der Waals surface area contributed by atoms with Crippen molar-refractivity contribution in [1.82, 2.24) is 15.1 Å². The number of β-amino-alcohol motifs (C(OH)–C–C–N with tert-alkyl or cyclic N) is 1. The van der Waals surface area contributed by atoms with Gasteiger partial charge in [0, 0.05) is 19.6 Å². The van der Waals surface area contributed by atoms with Crippen molar-refractivity contribution in [2.75, 3.05) is 46.9 Å². The van der Waals surface area contributed by atoms with Crippen molar-refractivity contribution >= 4 is 6.03 Å². The summed E-state index contributed by atoms with van der Waals surface area (Å²) in [4.78, 5) is 16.7. The van der Waals surface area contributed by atoms with Gasteiger partial charge < -0.3 is 29.7 Å². The molecule has 2 saturated heterocycles. The summed E-state index contributed by atoms with van der Waals surface area (Å²) in [5, 5.41) is 13.8. The van der Waals surface area contributed by atoms with Crippen molar-refractivity contribution in [2.24, 2.45) is 0 Å². The van der Waals surface area contributed by atoms with E-state index in [4.69, 9.17) is 9.47 Å². The van der Waals surface area contributed by atoms with E-state index < -0.39 is 5.60 Å². The zero-order valence-electron chi connectivity index (χ0n) is 16.4. The normalized spacial score (nSPS) is 19.7. The van der Waals surface area contributed by atoms with Crippen LogP contribution in [0.1, 0.15) is 31.2 Å². The van der Waals surface area contributed by atoms with E-state index in [2.05, 4.69) is 10.2 Å². The molecule has 0 radical (unpaired) electrons. The highest BCUT2D eigenvalue weighted by molar-refractivity contribution is 5.74.